The molecule has 1 aromatic heterocycles. The minimum absolute atomic E-state index is 0.408. The van der Waals surface area contributed by atoms with E-state index in [1.165, 1.54) is 29.5 Å². The quantitative estimate of drug-likeness (QED) is 0.823. The van der Waals surface area contributed by atoms with Gasteiger partial charge < -0.3 is 5.32 Å². The fourth-order valence-electron chi connectivity index (χ4n) is 2.54. The molecule has 0 aliphatic carbocycles. The number of rotatable bonds is 7. The second kappa shape index (κ2) is 7.81. The average Bonchev–Trinajstić information content (AvgIpc) is 2.51. The summed E-state index contributed by atoms with van der Waals surface area (Å²) < 4.78 is 0. The van der Waals surface area contributed by atoms with Crippen LogP contribution in [0.3, 0.4) is 0 Å². The number of pyridine rings is 1. The highest BCUT2D eigenvalue weighted by atomic mass is 14.9. The van der Waals surface area contributed by atoms with Gasteiger partial charge in [0, 0.05) is 18.4 Å². The molecule has 0 spiro atoms. The molecule has 2 rings (SSSR count). The summed E-state index contributed by atoms with van der Waals surface area (Å²) in [6.07, 6.45) is 8.30. The van der Waals surface area contributed by atoms with Crippen molar-refractivity contribution in [1.29, 1.82) is 0 Å². The van der Waals surface area contributed by atoms with E-state index < -0.39 is 0 Å². The molecule has 2 aromatic rings. The van der Waals surface area contributed by atoms with Gasteiger partial charge in [0.05, 0.1) is 0 Å². The molecule has 2 nitrogen and oxygen atoms in total. The van der Waals surface area contributed by atoms with E-state index >= 15 is 0 Å². The molecule has 0 saturated heterocycles. The first-order valence-electron chi connectivity index (χ1n) is 7.48. The Hall–Kier alpha value is -1.67. The summed E-state index contributed by atoms with van der Waals surface area (Å²) >= 11 is 0. The van der Waals surface area contributed by atoms with Crippen LogP contribution in [0.5, 0.6) is 0 Å². The molecule has 106 valence electrons. The Morgan fingerprint density at radius 3 is 2.45 bits per heavy atom. The molecule has 1 heterocycles. The Kier molecular flexibility index (Phi) is 5.75. The van der Waals surface area contributed by atoms with Crippen LogP contribution in [0.2, 0.25) is 0 Å². The third-order valence-corrected chi connectivity index (χ3v) is 3.71. The molecule has 0 radical (unpaired) electrons. The fourth-order valence-corrected chi connectivity index (χ4v) is 2.54. The first-order valence-corrected chi connectivity index (χ1v) is 7.48. The first kappa shape index (κ1) is 14.7. The van der Waals surface area contributed by atoms with Crippen molar-refractivity contribution < 1.29 is 0 Å². The summed E-state index contributed by atoms with van der Waals surface area (Å²) in [5, 5.41) is 3.42. The normalized spacial score (nSPS) is 12.3. The summed E-state index contributed by atoms with van der Waals surface area (Å²) in [4.78, 5) is 4.17. The summed E-state index contributed by atoms with van der Waals surface area (Å²) in [5.74, 6) is 0. The predicted octanol–water partition coefficient (Wildman–Crippen LogP) is 3.93. The lowest BCUT2D eigenvalue weighted by molar-refractivity contribution is 0.548. The van der Waals surface area contributed by atoms with E-state index in [0.717, 1.165) is 12.8 Å². The fraction of sp³-hybridized carbons (Fsp3) is 0.389. The van der Waals surface area contributed by atoms with Crippen LogP contribution >= 0.6 is 0 Å². The SMILES string of the molecule is CCCc1ccc(C(CCc2cccnc2)NC)cc1. The lowest BCUT2D eigenvalue weighted by Gasteiger charge is -2.17. The predicted molar refractivity (Wildman–Crippen MR) is 84.8 cm³/mol. The minimum atomic E-state index is 0.408. The second-order valence-corrected chi connectivity index (χ2v) is 5.23. The largest absolute Gasteiger partial charge is 0.313 e. The Morgan fingerprint density at radius 1 is 1.05 bits per heavy atom. The first-order chi connectivity index (χ1) is 9.83. The van der Waals surface area contributed by atoms with Crippen LogP contribution in [-0.2, 0) is 12.8 Å². The number of nitrogens with one attached hydrogen (secondary N) is 1. The molecule has 0 aliphatic heterocycles. The Bertz CT molecular complexity index is 491. The van der Waals surface area contributed by atoms with Crippen LogP contribution in [0.15, 0.2) is 48.8 Å². The Labute approximate surface area is 122 Å². The van der Waals surface area contributed by atoms with Gasteiger partial charge >= 0.3 is 0 Å². The van der Waals surface area contributed by atoms with E-state index in [1.807, 2.05) is 25.5 Å². The van der Waals surface area contributed by atoms with Crippen molar-refractivity contribution in [1.82, 2.24) is 10.3 Å². The van der Waals surface area contributed by atoms with E-state index in [0.29, 0.717) is 6.04 Å². The van der Waals surface area contributed by atoms with Gasteiger partial charge in [0.1, 0.15) is 0 Å². The topological polar surface area (TPSA) is 24.9 Å². The van der Waals surface area contributed by atoms with Crippen molar-refractivity contribution in [3.63, 3.8) is 0 Å². The third-order valence-electron chi connectivity index (χ3n) is 3.71. The van der Waals surface area contributed by atoms with Gasteiger partial charge in [-0.1, -0.05) is 43.7 Å². The number of aryl methyl sites for hydroxylation is 2. The third kappa shape index (κ3) is 4.17. The van der Waals surface area contributed by atoms with Crippen LogP contribution in [0, 0.1) is 0 Å². The van der Waals surface area contributed by atoms with Gasteiger partial charge in [-0.25, -0.2) is 0 Å². The molecule has 2 heteroatoms. The molecule has 20 heavy (non-hydrogen) atoms. The van der Waals surface area contributed by atoms with Crippen LogP contribution in [0.25, 0.3) is 0 Å². The van der Waals surface area contributed by atoms with Crippen LogP contribution in [-0.4, -0.2) is 12.0 Å². The molecular formula is C18H24N2. The van der Waals surface area contributed by atoms with Crippen molar-refractivity contribution in [2.75, 3.05) is 7.05 Å². The van der Waals surface area contributed by atoms with Crippen molar-refractivity contribution in [3.8, 4) is 0 Å². The molecule has 1 aromatic carbocycles. The van der Waals surface area contributed by atoms with Crippen LogP contribution < -0.4 is 5.32 Å². The monoisotopic (exact) mass is 268 g/mol. The second-order valence-electron chi connectivity index (χ2n) is 5.23. The Balaban J connectivity index is 1.97. The lowest BCUT2D eigenvalue weighted by Crippen LogP contribution is -2.17. The van der Waals surface area contributed by atoms with Crippen molar-refractivity contribution in [2.45, 2.75) is 38.6 Å². The molecule has 1 atom stereocenters. The smallest absolute Gasteiger partial charge is 0.0320 e. The lowest BCUT2D eigenvalue weighted by atomic mass is 9.98. The molecule has 0 saturated carbocycles. The van der Waals surface area contributed by atoms with Crippen LogP contribution in [0.4, 0.5) is 0 Å². The highest BCUT2D eigenvalue weighted by Gasteiger charge is 2.09. The number of hydrogen-bond acceptors (Lipinski definition) is 2. The van der Waals surface area contributed by atoms with Gasteiger partial charge in [-0.2, -0.15) is 0 Å². The standard InChI is InChI=1S/C18H24N2/c1-3-5-15-7-10-17(11-8-15)18(19-2)12-9-16-6-4-13-20-14-16/h4,6-8,10-11,13-14,18-19H,3,5,9,12H2,1-2H3. The molecule has 1 unspecified atom stereocenters. The highest BCUT2D eigenvalue weighted by Crippen LogP contribution is 2.19. The number of aromatic nitrogens is 1. The zero-order chi connectivity index (χ0) is 14.2. The van der Waals surface area contributed by atoms with Gasteiger partial charge in [-0.15, -0.1) is 0 Å². The summed E-state index contributed by atoms with van der Waals surface area (Å²) in [5.41, 5.74) is 4.10. The van der Waals surface area contributed by atoms with Gasteiger partial charge in [0.2, 0.25) is 0 Å². The van der Waals surface area contributed by atoms with E-state index in [4.69, 9.17) is 0 Å². The van der Waals surface area contributed by atoms with E-state index in [9.17, 15) is 0 Å². The van der Waals surface area contributed by atoms with Crippen molar-refractivity contribution >= 4 is 0 Å². The maximum absolute atomic E-state index is 4.17. The zero-order valence-corrected chi connectivity index (χ0v) is 12.5. The van der Waals surface area contributed by atoms with E-state index in [-0.39, 0.29) is 0 Å². The molecule has 0 bridgehead atoms. The maximum Gasteiger partial charge on any atom is 0.0320 e. The Morgan fingerprint density at radius 2 is 1.85 bits per heavy atom. The zero-order valence-electron chi connectivity index (χ0n) is 12.5. The van der Waals surface area contributed by atoms with Gasteiger partial charge in [-0.05, 0) is 49.1 Å². The number of hydrogen-bond donors (Lipinski definition) is 1. The molecule has 1 N–H and O–H groups in total. The molecule has 0 amide bonds. The van der Waals surface area contributed by atoms with Gasteiger partial charge in [0.15, 0.2) is 0 Å². The summed E-state index contributed by atoms with van der Waals surface area (Å²) in [6, 6.07) is 13.6. The average molecular weight is 268 g/mol. The molecule has 0 fully saturated rings. The number of nitrogens with zero attached hydrogens (tertiary/aromatic N) is 1. The van der Waals surface area contributed by atoms with Gasteiger partial charge in [0.25, 0.3) is 0 Å². The number of benzene rings is 1. The maximum atomic E-state index is 4.17. The highest BCUT2D eigenvalue weighted by molar-refractivity contribution is 5.25. The van der Waals surface area contributed by atoms with Crippen molar-refractivity contribution in [3.05, 3.63) is 65.5 Å². The van der Waals surface area contributed by atoms with E-state index in [1.54, 1.807) is 0 Å². The van der Waals surface area contributed by atoms with Gasteiger partial charge in [-0.3, -0.25) is 4.98 Å². The molecule has 0 aliphatic rings. The molecular weight excluding hydrogens is 244 g/mol. The van der Waals surface area contributed by atoms with Crippen molar-refractivity contribution in [2.24, 2.45) is 0 Å². The minimum Gasteiger partial charge on any atom is -0.313 e. The van der Waals surface area contributed by atoms with Crippen LogP contribution in [0.1, 0.15) is 42.5 Å². The summed E-state index contributed by atoms with van der Waals surface area (Å²) in [7, 11) is 2.04. The summed E-state index contributed by atoms with van der Waals surface area (Å²) in [6.45, 7) is 2.22. The van der Waals surface area contributed by atoms with E-state index in [2.05, 4.69) is 47.6 Å².